The van der Waals surface area contributed by atoms with Gasteiger partial charge in [0.05, 0.1) is 22.6 Å². The third-order valence-corrected chi connectivity index (χ3v) is 6.55. The number of hydrogen-bond acceptors (Lipinski definition) is 4. The van der Waals surface area contributed by atoms with Crippen LogP contribution in [0, 0.1) is 17.8 Å². The summed E-state index contributed by atoms with van der Waals surface area (Å²) in [5.41, 5.74) is 6.51. The van der Waals surface area contributed by atoms with Gasteiger partial charge in [0.1, 0.15) is 4.90 Å². The Kier molecular flexibility index (Phi) is 2.80. The molecule has 4 N–H and O–H groups in total. The maximum Gasteiger partial charge on any atom is 0.244 e. The average Bonchev–Trinajstić information content (AvgIpc) is 3.03. The second kappa shape index (κ2) is 4.38. The molecule has 0 aromatic heterocycles. The minimum Gasteiger partial charge on any atom is -0.397 e. The monoisotopic (exact) mass is 325 g/mol. The van der Waals surface area contributed by atoms with Crippen LogP contribution < -0.4 is 15.8 Å². The van der Waals surface area contributed by atoms with Crippen molar-refractivity contribution in [1.29, 1.82) is 0 Å². The van der Waals surface area contributed by atoms with Gasteiger partial charge in [-0.15, -0.1) is 0 Å². The molecular weight excluding hydrogens is 310 g/mol. The molecule has 2 aliphatic carbocycles. The van der Waals surface area contributed by atoms with Crippen molar-refractivity contribution in [3.63, 3.8) is 0 Å². The molecule has 1 aliphatic heterocycles. The number of benzene rings is 1. The number of hydrogen-bond donors (Lipinski definition) is 3. The second-order valence-electron chi connectivity index (χ2n) is 6.06. The Morgan fingerprint density at radius 1 is 1.24 bits per heavy atom. The molecule has 0 spiro atoms. The summed E-state index contributed by atoms with van der Waals surface area (Å²) in [7, 11) is -3.56. The Bertz CT molecular complexity index is 747. The zero-order valence-electron chi connectivity index (χ0n) is 11.2. The van der Waals surface area contributed by atoms with Crippen molar-refractivity contribution >= 4 is 33.0 Å². The number of anilines is 2. The fourth-order valence-electron chi connectivity index (χ4n) is 3.73. The van der Waals surface area contributed by atoms with Crippen molar-refractivity contribution in [3.8, 4) is 0 Å². The van der Waals surface area contributed by atoms with Gasteiger partial charge >= 0.3 is 0 Å². The smallest absolute Gasteiger partial charge is 0.244 e. The zero-order valence-corrected chi connectivity index (χ0v) is 12.8. The lowest BCUT2D eigenvalue weighted by Crippen LogP contribution is -2.50. The van der Waals surface area contributed by atoms with Crippen LogP contribution in [0.1, 0.15) is 12.8 Å². The van der Waals surface area contributed by atoms with Gasteiger partial charge in [-0.25, -0.2) is 8.42 Å². The van der Waals surface area contributed by atoms with Crippen LogP contribution in [-0.2, 0) is 10.0 Å². The first-order chi connectivity index (χ1) is 9.94. The van der Waals surface area contributed by atoms with E-state index in [2.05, 4.69) is 22.2 Å². The van der Waals surface area contributed by atoms with Crippen LogP contribution >= 0.6 is 11.6 Å². The van der Waals surface area contributed by atoms with Gasteiger partial charge in [0.15, 0.2) is 0 Å². The second-order valence-corrected chi connectivity index (χ2v) is 8.15. The predicted octanol–water partition coefficient (Wildman–Crippen LogP) is 2.16. The number of fused-ring (bicyclic) bond motifs is 3. The SMILES string of the molecule is Nc1cc2c(cc1Cl)NC(C1CC3C=CC1C3)NS2(=O)=O. The van der Waals surface area contributed by atoms with Crippen LogP contribution in [0.3, 0.4) is 0 Å². The lowest BCUT2D eigenvalue weighted by Gasteiger charge is -2.34. The molecule has 1 fully saturated rings. The molecule has 112 valence electrons. The van der Waals surface area contributed by atoms with Crippen LogP contribution in [-0.4, -0.2) is 14.6 Å². The Morgan fingerprint density at radius 3 is 2.71 bits per heavy atom. The van der Waals surface area contributed by atoms with E-state index in [0.29, 0.717) is 22.5 Å². The van der Waals surface area contributed by atoms with Crippen molar-refractivity contribution in [3.05, 3.63) is 29.3 Å². The number of nitrogens with two attached hydrogens (primary N) is 1. The first-order valence-electron chi connectivity index (χ1n) is 7.00. The van der Waals surface area contributed by atoms with Gasteiger partial charge in [-0.05, 0) is 36.8 Å². The molecule has 5 nitrogen and oxygen atoms in total. The first kappa shape index (κ1) is 13.4. The summed E-state index contributed by atoms with van der Waals surface area (Å²) in [6, 6.07) is 3.00. The molecule has 0 saturated heterocycles. The molecule has 3 aliphatic rings. The largest absolute Gasteiger partial charge is 0.397 e. The molecule has 1 aromatic carbocycles. The Labute approximate surface area is 128 Å². The summed E-state index contributed by atoms with van der Waals surface area (Å²) >= 11 is 6.02. The van der Waals surface area contributed by atoms with Gasteiger partial charge in [0, 0.05) is 5.92 Å². The molecule has 1 aromatic rings. The molecule has 4 unspecified atom stereocenters. The summed E-state index contributed by atoms with van der Waals surface area (Å²) in [6.07, 6.45) is 6.30. The Balaban J connectivity index is 1.72. The van der Waals surface area contributed by atoms with Crippen LogP contribution in [0.2, 0.25) is 5.02 Å². The third-order valence-electron chi connectivity index (χ3n) is 4.74. The molecule has 0 radical (unpaired) electrons. The fourth-order valence-corrected chi connectivity index (χ4v) is 5.28. The van der Waals surface area contributed by atoms with Gasteiger partial charge in [0.2, 0.25) is 10.0 Å². The van der Waals surface area contributed by atoms with E-state index in [1.165, 1.54) is 6.07 Å². The van der Waals surface area contributed by atoms with Crippen molar-refractivity contribution in [1.82, 2.24) is 4.72 Å². The maximum absolute atomic E-state index is 12.4. The highest BCUT2D eigenvalue weighted by Gasteiger charge is 2.43. The van der Waals surface area contributed by atoms with E-state index in [9.17, 15) is 8.42 Å². The quantitative estimate of drug-likeness (QED) is 0.545. The van der Waals surface area contributed by atoms with Crippen molar-refractivity contribution in [2.75, 3.05) is 11.1 Å². The highest BCUT2D eigenvalue weighted by atomic mass is 35.5. The molecule has 0 amide bonds. The summed E-state index contributed by atoms with van der Waals surface area (Å²) < 4.78 is 27.6. The van der Waals surface area contributed by atoms with E-state index in [1.54, 1.807) is 6.07 Å². The number of nitrogen functional groups attached to an aromatic ring is 1. The highest BCUT2D eigenvalue weighted by Crippen LogP contribution is 2.46. The third kappa shape index (κ3) is 2.05. The van der Waals surface area contributed by atoms with E-state index < -0.39 is 10.0 Å². The number of allylic oxidation sites excluding steroid dienone is 2. The maximum atomic E-state index is 12.4. The average molecular weight is 326 g/mol. The van der Waals surface area contributed by atoms with Crippen LogP contribution in [0.25, 0.3) is 0 Å². The number of halogens is 1. The summed E-state index contributed by atoms with van der Waals surface area (Å²) in [6.45, 7) is 0. The topological polar surface area (TPSA) is 84.2 Å². The molecule has 2 bridgehead atoms. The minimum absolute atomic E-state index is 0.166. The number of sulfonamides is 1. The summed E-state index contributed by atoms with van der Waals surface area (Å²) in [5, 5.41) is 3.65. The normalized spacial score (nSPS) is 35.5. The van der Waals surface area contributed by atoms with Gasteiger partial charge in [-0.3, -0.25) is 0 Å². The number of rotatable bonds is 1. The van der Waals surface area contributed by atoms with E-state index in [0.717, 1.165) is 12.8 Å². The molecule has 21 heavy (non-hydrogen) atoms. The Morgan fingerprint density at radius 2 is 2.05 bits per heavy atom. The van der Waals surface area contributed by atoms with Gasteiger partial charge < -0.3 is 11.1 Å². The van der Waals surface area contributed by atoms with Crippen molar-refractivity contribution in [2.24, 2.45) is 17.8 Å². The predicted molar refractivity (Wildman–Crippen MR) is 82.4 cm³/mol. The van der Waals surface area contributed by atoms with E-state index in [1.807, 2.05) is 0 Å². The fraction of sp³-hybridized carbons (Fsp3) is 0.429. The van der Waals surface area contributed by atoms with E-state index in [4.69, 9.17) is 17.3 Å². The van der Waals surface area contributed by atoms with Gasteiger partial charge in [0.25, 0.3) is 0 Å². The minimum atomic E-state index is -3.56. The summed E-state index contributed by atoms with van der Waals surface area (Å²) in [4.78, 5) is 0.166. The standard InChI is InChI=1S/C14H16ClN3O2S/c15-10-5-12-13(6-11(10)16)21(19,20)18-14(17-12)9-4-7-1-2-8(9)3-7/h1-2,5-9,14,17-18H,3-4,16H2. The molecule has 7 heteroatoms. The van der Waals surface area contributed by atoms with Crippen molar-refractivity contribution < 1.29 is 8.42 Å². The van der Waals surface area contributed by atoms with E-state index >= 15 is 0 Å². The molecule has 1 saturated carbocycles. The van der Waals surface area contributed by atoms with E-state index in [-0.39, 0.29) is 22.7 Å². The highest BCUT2D eigenvalue weighted by molar-refractivity contribution is 7.89. The zero-order chi connectivity index (χ0) is 14.8. The summed E-state index contributed by atoms with van der Waals surface area (Å²) in [5.74, 6) is 1.31. The lowest BCUT2D eigenvalue weighted by atomic mass is 9.91. The number of nitrogens with one attached hydrogen (secondary N) is 2. The van der Waals surface area contributed by atoms with Crippen LogP contribution in [0.15, 0.2) is 29.2 Å². The molecule has 4 atom stereocenters. The van der Waals surface area contributed by atoms with Crippen LogP contribution in [0.4, 0.5) is 11.4 Å². The Hall–Kier alpha value is -1.24. The molecule has 1 heterocycles. The van der Waals surface area contributed by atoms with Crippen molar-refractivity contribution in [2.45, 2.75) is 23.9 Å². The van der Waals surface area contributed by atoms with Gasteiger partial charge in [-0.2, -0.15) is 4.72 Å². The lowest BCUT2D eigenvalue weighted by molar-refractivity contribution is 0.363. The first-order valence-corrected chi connectivity index (χ1v) is 8.86. The van der Waals surface area contributed by atoms with Crippen LogP contribution in [0.5, 0.6) is 0 Å². The molecule has 4 rings (SSSR count). The molecular formula is C14H16ClN3O2S. The van der Waals surface area contributed by atoms with Gasteiger partial charge in [-0.1, -0.05) is 23.8 Å².